The quantitative estimate of drug-likeness (QED) is 0.463. The molecular weight excluding hydrogens is 380 g/mol. The van der Waals surface area contributed by atoms with Crippen molar-refractivity contribution < 1.29 is 5.11 Å². The van der Waals surface area contributed by atoms with Crippen LogP contribution in [-0.2, 0) is 6.54 Å². The van der Waals surface area contributed by atoms with E-state index in [1.807, 2.05) is 22.9 Å². The second-order valence-electron chi connectivity index (χ2n) is 7.55. The van der Waals surface area contributed by atoms with Gasteiger partial charge in [0.05, 0.1) is 36.2 Å². The van der Waals surface area contributed by atoms with Crippen LogP contribution in [0.1, 0.15) is 6.92 Å². The first kappa shape index (κ1) is 18.7. The zero-order chi connectivity index (χ0) is 20.5. The number of anilines is 3. The summed E-state index contributed by atoms with van der Waals surface area (Å²) in [6.07, 6.45) is 6.73. The fraction of sp³-hybridized carbons (Fsp3) is 0.333. The van der Waals surface area contributed by atoms with E-state index in [4.69, 9.17) is 4.98 Å². The van der Waals surface area contributed by atoms with Crippen molar-refractivity contribution >= 4 is 39.4 Å². The lowest BCUT2D eigenvalue weighted by Crippen LogP contribution is -2.43. The van der Waals surface area contributed by atoms with Crippen molar-refractivity contribution in [3.05, 3.63) is 43.0 Å². The zero-order valence-corrected chi connectivity index (χ0v) is 16.8. The minimum atomic E-state index is -0.505. The molecule has 0 radical (unpaired) electrons. The molecule has 9 heteroatoms. The first-order valence-electron chi connectivity index (χ1n) is 10.1. The number of hydrogen-bond donors (Lipinski definition) is 3. The number of nitrogens with zero attached hydrogens (tertiary/aromatic N) is 6. The molecule has 0 aliphatic carbocycles. The molecule has 1 saturated heterocycles. The molecule has 0 bridgehead atoms. The molecule has 0 saturated carbocycles. The Morgan fingerprint density at radius 1 is 1.10 bits per heavy atom. The van der Waals surface area contributed by atoms with Crippen LogP contribution in [0.15, 0.2) is 43.0 Å². The molecule has 9 nitrogen and oxygen atoms in total. The van der Waals surface area contributed by atoms with E-state index < -0.39 is 6.10 Å². The number of aliphatic hydroxyl groups excluding tert-OH is 1. The molecule has 0 unspecified atom stereocenters. The van der Waals surface area contributed by atoms with Gasteiger partial charge in [0.15, 0.2) is 0 Å². The first-order chi connectivity index (χ1) is 14.7. The van der Waals surface area contributed by atoms with Gasteiger partial charge in [-0.15, -0.1) is 0 Å². The Labute approximate surface area is 173 Å². The summed E-state index contributed by atoms with van der Waals surface area (Å²) in [5, 5.41) is 18.5. The summed E-state index contributed by atoms with van der Waals surface area (Å²) >= 11 is 0. The molecule has 0 amide bonds. The Morgan fingerprint density at radius 2 is 1.97 bits per heavy atom. The minimum absolute atomic E-state index is 0.430. The van der Waals surface area contributed by atoms with Crippen LogP contribution in [0.3, 0.4) is 0 Å². The lowest BCUT2D eigenvalue weighted by atomic mass is 10.2. The predicted octanol–water partition coefficient (Wildman–Crippen LogP) is 1.91. The molecule has 30 heavy (non-hydrogen) atoms. The van der Waals surface area contributed by atoms with Crippen molar-refractivity contribution in [2.75, 3.05) is 36.4 Å². The molecule has 3 N–H and O–H groups in total. The Kier molecular flexibility index (Phi) is 4.89. The van der Waals surface area contributed by atoms with Crippen LogP contribution in [0, 0.1) is 0 Å². The molecule has 4 aromatic heterocycles. The highest BCUT2D eigenvalue weighted by molar-refractivity contribution is 6.06. The van der Waals surface area contributed by atoms with E-state index >= 15 is 0 Å². The van der Waals surface area contributed by atoms with Crippen LogP contribution in [0.25, 0.3) is 21.9 Å². The number of aliphatic hydroxyl groups is 1. The fourth-order valence-corrected chi connectivity index (χ4v) is 3.91. The Morgan fingerprint density at radius 3 is 2.73 bits per heavy atom. The van der Waals surface area contributed by atoms with E-state index in [0.29, 0.717) is 18.3 Å². The van der Waals surface area contributed by atoms with Crippen LogP contribution >= 0.6 is 0 Å². The summed E-state index contributed by atoms with van der Waals surface area (Å²) in [4.78, 5) is 20.3. The molecule has 0 spiro atoms. The van der Waals surface area contributed by atoms with E-state index in [1.54, 1.807) is 25.5 Å². The van der Waals surface area contributed by atoms with E-state index in [0.717, 1.165) is 53.8 Å². The lowest BCUT2D eigenvalue weighted by molar-refractivity contribution is 0.176. The highest BCUT2D eigenvalue weighted by atomic mass is 16.3. The number of fused-ring (bicyclic) bond motifs is 3. The van der Waals surface area contributed by atoms with Crippen molar-refractivity contribution in [3.63, 3.8) is 0 Å². The molecular formula is C21H24N8O. The van der Waals surface area contributed by atoms with Crippen LogP contribution in [0.5, 0.6) is 0 Å². The van der Waals surface area contributed by atoms with Gasteiger partial charge in [0.2, 0.25) is 5.95 Å². The highest BCUT2D eigenvalue weighted by Crippen LogP contribution is 2.28. The number of pyridine rings is 2. The number of aromatic nitrogens is 5. The Hall–Kier alpha value is -3.30. The Bertz CT molecular complexity index is 1170. The van der Waals surface area contributed by atoms with E-state index in [2.05, 4.69) is 36.6 Å². The largest absolute Gasteiger partial charge is 0.392 e. The molecule has 5 heterocycles. The van der Waals surface area contributed by atoms with Gasteiger partial charge in [-0.05, 0) is 25.1 Å². The molecule has 1 fully saturated rings. The fourth-order valence-electron chi connectivity index (χ4n) is 3.91. The SMILES string of the molecule is C[C@H](O)Cn1c2cnccc2c2cnc(Nc3ccc(N4CCNCC4)cn3)nc21. The number of piperazine rings is 1. The second-order valence-corrected chi connectivity index (χ2v) is 7.55. The smallest absolute Gasteiger partial charge is 0.230 e. The summed E-state index contributed by atoms with van der Waals surface area (Å²) in [6.45, 7) is 6.14. The van der Waals surface area contributed by atoms with E-state index in [9.17, 15) is 5.11 Å². The van der Waals surface area contributed by atoms with Crippen LogP contribution in [0.2, 0.25) is 0 Å². The van der Waals surface area contributed by atoms with Gasteiger partial charge in [-0.1, -0.05) is 0 Å². The van der Waals surface area contributed by atoms with Crippen molar-refractivity contribution in [1.82, 2.24) is 29.8 Å². The van der Waals surface area contributed by atoms with Crippen molar-refractivity contribution in [1.29, 1.82) is 0 Å². The van der Waals surface area contributed by atoms with Gasteiger partial charge in [0.25, 0.3) is 0 Å². The highest BCUT2D eigenvalue weighted by Gasteiger charge is 2.15. The molecule has 4 aromatic rings. The molecule has 1 aliphatic heterocycles. The average molecular weight is 404 g/mol. The third-order valence-electron chi connectivity index (χ3n) is 5.32. The van der Waals surface area contributed by atoms with Gasteiger partial charge in [0, 0.05) is 49.3 Å². The van der Waals surface area contributed by atoms with Crippen molar-refractivity contribution in [2.24, 2.45) is 0 Å². The van der Waals surface area contributed by atoms with Crippen LogP contribution in [-0.4, -0.2) is 61.9 Å². The summed E-state index contributed by atoms with van der Waals surface area (Å²) in [5.74, 6) is 1.15. The lowest BCUT2D eigenvalue weighted by Gasteiger charge is -2.29. The topological polar surface area (TPSA) is 104 Å². The maximum Gasteiger partial charge on any atom is 0.230 e. The summed E-state index contributed by atoms with van der Waals surface area (Å²) in [5.41, 5.74) is 2.80. The molecule has 1 aliphatic rings. The van der Waals surface area contributed by atoms with Crippen molar-refractivity contribution in [3.8, 4) is 0 Å². The minimum Gasteiger partial charge on any atom is -0.392 e. The summed E-state index contributed by atoms with van der Waals surface area (Å²) in [6, 6.07) is 5.96. The maximum atomic E-state index is 9.96. The summed E-state index contributed by atoms with van der Waals surface area (Å²) < 4.78 is 1.98. The average Bonchev–Trinajstić information content (AvgIpc) is 3.08. The zero-order valence-electron chi connectivity index (χ0n) is 16.8. The summed E-state index contributed by atoms with van der Waals surface area (Å²) in [7, 11) is 0. The van der Waals surface area contributed by atoms with Gasteiger partial charge >= 0.3 is 0 Å². The normalized spacial score (nSPS) is 15.6. The predicted molar refractivity (Wildman–Crippen MR) is 117 cm³/mol. The van der Waals surface area contributed by atoms with Crippen LogP contribution in [0.4, 0.5) is 17.5 Å². The van der Waals surface area contributed by atoms with Gasteiger partial charge in [0.1, 0.15) is 11.5 Å². The molecule has 1 atom stereocenters. The monoisotopic (exact) mass is 404 g/mol. The Balaban J connectivity index is 1.45. The first-order valence-corrected chi connectivity index (χ1v) is 10.1. The molecule has 154 valence electrons. The number of hydrogen-bond acceptors (Lipinski definition) is 8. The maximum absolute atomic E-state index is 9.96. The van der Waals surface area contributed by atoms with Gasteiger partial charge in [-0.3, -0.25) is 4.98 Å². The van der Waals surface area contributed by atoms with Gasteiger partial charge in [-0.2, -0.15) is 4.98 Å². The standard InChI is InChI=1S/C21H24N8O/c1-14(30)13-29-18-12-23-5-4-16(18)17-11-25-21(27-20(17)29)26-19-3-2-15(10-24-19)28-8-6-22-7-9-28/h2-5,10-12,14,22,30H,6-9,13H2,1H3,(H,24,25,26,27)/t14-/m0/s1. The van der Waals surface area contributed by atoms with Crippen LogP contribution < -0.4 is 15.5 Å². The third-order valence-corrected chi connectivity index (χ3v) is 5.32. The van der Waals surface area contributed by atoms with E-state index in [1.165, 1.54) is 0 Å². The van der Waals surface area contributed by atoms with Gasteiger partial charge < -0.3 is 25.2 Å². The molecule has 5 rings (SSSR count). The van der Waals surface area contributed by atoms with Crippen molar-refractivity contribution in [2.45, 2.75) is 19.6 Å². The second kappa shape index (κ2) is 7.85. The van der Waals surface area contributed by atoms with Gasteiger partial charge in [-0.25, -0.2) is 9.97 Å². The third kappa shape index (κ3) is 3.53. The van der Waals surface area contributed by atoms with E-state index in [-0.39, 0.29) is 0 Å². The number of nitrogens with one attached hydrogen (secondary N) is 2. The number of rotatable bonds is 5. The molecule has 0 aromatic carbocycles.